The number of rotatable bonds is 13. The predicted octanol–water partition coefficient (Wildman–Crippen LogP) is 0.118. The lowest BCUT2D eigenvalue weighted by Crippen LogP contribution is -2.56. The van der Waals surface area contributed by atoms with E-state index in [0.29, 0.717) is 13.0 Å². The number of carbonyl (C=O) groups excluding carboxylic acids is 3. The van der Waals surface area contributed by atoms with Gasteiger partial charge in [0.2, 0.25) is 11.8 Å². The van der Waals surface area contributed by atoms with Gasteiger partial charge in [-0.2, -0.15) is 0 Å². The molecule has 0 saturated heterocycles. The Bertz CT molecular complexity index is 679. The smallest absolute Gasteiger partial charge is 0.245 e. The number of amides is 2. The number of benzene rings is 1. The molecule has 0 aliphatic carbocycles. The summed E-state index contributed by atoms with van der Waals surface area (Å²) in [6.07, 6.45) is -0.0844. The molecule has 2 unspecified atom stereocenters. The predicted molar refractivity (Wildman–Crippen MR) is 116 cm³/mol. The lowest BCUT2D eigenvalue weighted by molar-refractivity contribution is -0.134. The van der Waals surface area contributed by atoms with Crippen LogP contribution in [0.3, 0.4) is 0 Å². The van der Waals surface area contributed by atoms with Crippen LogP contribution >= 0.6 is 0 Å². The number of hydrogen-bond acceptors (Lipinski definition) is 6. The summed E-state index contributed by atoms with van der Waals surface area (Å²) in [5, 5.41) is 15.2. The maximum absolute atomic E-state index is 12.7. The summed E-state index contributed by atoms with van der Waals surface area (Å²) in [6, 6.07) is 7.77. The summed E-state index contributed by atoms with van der Waals surface area (Å²) < 4.78 is 0. The van der Waals surface area contributed by atoms with E-state index in [2.05, 4.69) is 10.6 Å². The average Bonchev–Trinajstić information content (AvgIpc) is 2.70. The first-order valence-corrected chi connectivity index (χ1v) is 10.4. The molecule has 0 aliphatic heterocycles. The van der Waals surface area contributed by atoms with Gasteiger partial charge in [-0.1, -0.05) is 44.2 Å². The van der Waals surface area contributed by atoms with E-state index in [4.69, 9.17) is 11.5 Å². The van der Waals surface area contributed by atoms with Gasteiger partial charge in [0.25, 0.3) is 0 Å². The number of hydrogen-bond donors (Lipinski definition) is 5. The molecule has 1 aromatic carbocycles. The van der Waals surface area contributed by atoms with Crippen LogP contribution in [0.4, 0.5) is 0 Å². The van der Waals surface area contributed by atoms with Crippen molar-refractivity contribution in [2.45, 2.75) is 58.2 Å². The summed E-state index contributed by atoms with van der Waals surface area (Å²) in [7, 11) is 0. The highest BCUT2D eigenvalue weighted by Crippen LogP contribution is 2.12. The minimum Gasteiger partial charge on any atom is -0.391 e. The van der Waals surface area contributed by atoms with Crippen molar-refractivity contribution in [3.8, 4) is 0 Å². The van der Waals surface area contributed by atoms with Crippen molar-refractivity contribution >= 4 is 17.6 Å². The van der Waals surface area contributed by atoms with Crippen LogP contribution in [0.15, 0.2) is 30.3 Å². The number of aliphatic hydroxyl groups excluding tert-OH is 1. The number of nitrogens with two attached hydrogens (primary N) is 2. The number of Topliss-reactive ketones (excluding diaryl/α,β-unsaturated/α-hetero) is 1. The van der Waals surface area contributed by atoms with Gasteiger partial charge in [-0.15, -0.1) is 0 Å². The Balaban J connectivity index is 2.75. The summed E-state index contributed by atoms with van der Waals surface area (Å²) in [5.41, 5.74) is 12.5. The summed E-state index contributed by atoms with van der Waals surface area (Å²) in [6.45, 7) is 5.44. The Labute approximate surface area is 178 Å². The average molecular weight is 421 g/mol. The molecule has 2 amide bonds. The van der Waals surface area contributed by atoms with Gasteiger partial charge in [0, 0.05) is 12.3 Å². The van der Waals surface area contributed by atoms with E-state index in [-0.39, 0.29) is 42.9 Å². The maximum atomic E-state index is 12.7. The highest BCUT2D eigenvalue weighted by Gasteiger charge is 2.30. The van der Waals surface area contributed by atoms with Crippen molar-refractivity contribution in [3.63, 3.8) is 0 Å². The molecule has 0 fully saturated rings. The fourth-order valence-electron chi connectivity index (χ4n) is 3.20. The van der Waals surface area contributed by atoms with Gasteiger partial charge in [0.1, 0.15) is 6.04 Å². The minimum absolute atomic E-state index is 0.0994. The van der Waals surface area contributed by atoms with Crippen LogP contribution < -0.4 is 22.1 Å². The van der Waals surface area contributed by atoms with Crippen LogP contribution in [0.25, 0.3) is 0 Å². The Morgan fingerprint density at radius 1 is 1.03 bits per heavy atom. The minimum atomic E-state index is -1.17. The molecule has 8 nitrogen and oxygen atoms in total. The van der Waals surface area contributed by atoms with Gasteiger partial charge in [-0.3, -0.25) is 14.4 Å². The topological polar surface area (TPSA) is 148 Å². The zero-order chi connectivity index (χ0) is 22.7. The third-order valence-electron chi connectivity index (χ3n) is 4.94. The quantitative estimate of drug-likeness (QED) is 0.306. The van der Waals surface area contributed by atoms with Crippen molar-refractivity contribution in [1.29, 1.82) is 0 Å². The second-order valence-electron chi connectivity index (χ2n) is 7.98. The van der Waals surface area contributed by atoms with Gasteiger partial charge in [-0.05, 0) is 44.3 Å². The molecule has 0 aromatic heterocycles. The lowest BCUT2D eigenvalue weighted by Gasteiger charge is -2.25. The molecule has 0 bridgehead atoms. The molecule has 1 rings (SSSR count). The number of ketones is 1. The van der Waals surface area contributed by atoms with Gasteiger partial charge in [0.05, 0.1) is 12.1 Å². The molecule has 0 heterocycles. The first-order chi connectivity index (χ1) is 14.2. The SMILES string of the molecule is CC(C)C(=O)[C@H](CCN)NC(=O)[C@@H](NC(=O)CC(CN)Cc1ccccc1)C(C)O. The summed E-state index contributed by atoms with van der Waals surface area (Å²) in [5.74, 6) is -1.51. The third kappa shape index (κ3) is 8.61. The Hall–Kier alpha value is -2.29. The number of carbonyl (C=O) groups is 3. The number of nitrogens with one attached hydrogen (secondary N) is 2. The fourth-order valence-corrected chi connectivity index (χ4v) is 3.20. The van der Waals surface area contributed by atoms with Crippen LogP contribution in [0, 0.1) is 11.8 Å². The second kappa shape index (κ2) is 13.1. The standard InChI is InChI=1S/C22H36N4O4/c1-14(2)21(29)18(9-10-23)25-22(30)20(15(3)27)26-19(28)12-17(13-24)11-16-7-5-4-6-8-16/h4-8,14-15,17-18,20,27H,9-13,23-24H2,1-3H3,(H,25,30)(H,26,28)/t15?,17?,18-,20-/m0/s1. The molecule has 0 radical (unpaired) electrons. The van der Waals surface area contributed by atoms with Gasteiger partial charge in [-0.25, -0.2) is 0 Å². The second-order valence-corrected chi connectivity index (χ2v) is 7.98. The van der Waals surface area contributed by atoms with E-state index in [9.17, 15) is 19.5 Å². The van der Waals surface area contributed by atoms with E-state index in [0.717, 1.165) is 5.56 Å². The molecule has 30 heavy (non-hydrogen) atoms. The third-order valence-corrected chi connectivity index (χ3v) is 4.94. The highest BCUT2D eigenvalue weighted by molar-refractivity contribution is 5.93. The van der Waals surface area contributed by atoms with E-state index in [1.807, 2.05) is 30.3 Å². The molecule has 168 valence electrons. The van der Waals surface area contributed by atoms with E-state index < -0.39 is 24.1 Å². The molecule has 4 atom stereocenters. The van der Waals surface area contributed by atoms with Gasteiger partial charge >= 0.3 is 0 Å². The van der Waals surface area contributed by atoms with Crippen LogP contribution in [0.1, 0.15) is 39.2 Å². The van der Waals surface area contributed by atoms with Gasteiger partial charge < -0.3 is 27.2 Å². The van der Waals surface area contributed by atoms with Crippen LogP contribution in [0.5, 0.6) is 0 Å². The van der Waals surface area contributed by atoms with Gasteiger partial charge in [0.15, 0.2) is 5.78 Å². The normalized spacial score (nSPS) is 15.2. The Morgan fingerprint density at radius 2 is 1.67 bits per heavy atom. The molecule has 0 saturated carbocycles. The Morgan fingerprint density at radius 3 is 2.17 bits per heavy atom. The highest BCUT2D eigenvalue weighted by atomic mass is 16.3. The Kier molecular flexibility index (Phi) is 11.2. The van der Waals surface area contributed by atoms with Crippen molar-refractivity contribution in [3.05, 3.63) is 35.9 Å². The molecular formula is C22H36N4O4. The summed E-state index contributed by atoms with van der Waals surface area (Å²) >= 11 is 0. The number of aliphatic hydroxyl groups is 1. The van der Waals surface area contributed by atoms with Crippen LogP contribution in [0.2, 0.25) is 0 Å². The van der Waals surface area contributed by atoms with Crippen LogP contribution in [-0.4, -0.2) is 54.0 Å². The van der Waals surface area contributed by atoms with E-state index in [1.165, 1.54) is 6.92 Å². The molecule has 7 N–H and O–H groups in total. The van der Waals surface area contributed by atoms with Crippen molar-refractivity contribution < 1.29 is 19.5 Å². The molecule has 8 heteroatoms. The molecular weight excluding hydrogens is 384 g/mol. The van der Waals surface area contributed by atoms with Crippen molar-refractivity contribution in [2.24, 2.45) is 23.3 Å². The zero-order valence-corrected chi connectivity index (χ0v) is 18.1. The monoisotopic (exact) mass is 420 g/mol. The largest absolute Gasteiger partial charge is 0.391 e. The van der Waals surface area contributed by atoms with E-state index in [1.54, 1.807) is 13.8 Å². The lowest BCUT2D eigenvalue weighted by atomic mass is 9.95. The zero-order valence-electron chi connectivity index (χ0n) is 18.1. The first-order valence-electron chi connectivity index (χ1n) is 10.4. The maximum Gasteiger partial charge on any atom is 0.245 e. The molecule has 0 spiro atoms. The summed E-state index contributed by atoms with van der Waals surface area (Å²) in [4.78, 5) is 37.5. The molecule has 0 aliphatic rings. The fraction of sp³-hybridized carbons (Fsp3) is 0.591. The molecule has 1 aromatic rings. The first kappa shape index (κ1) is 25.7. The van der Waals surface area contributed by atoms with Crippen molar-refractivity contribution in [2.75, 3.05) is 13.1 Å². The van der Waals surface area contributed by atoms with Crippen molar-refractivity contribution in [1.82, 2.24) is 10.6 Å². The van der Waals surface area contributed by atoms with E-state index >= 15 is 0 Å². The van der Waals surface area contributed by atoms with Crippen LogP contribution in [-0.2, 0) is 20.8 Å².